The monoisotopic (exact) mass is 133 g/mol. The molecule has 1 fully saturated rings. The van der Waals surface area contributed by atoms with Gasteiger partial charge in [0.1, 0.15) is 6.17 Å². The normalized spacial score (nSPS) is 25.7. The van der Waals surface area contributed by atoms with Crippen LogP contribution in [0.4, 0.5) is 4.39 Å². The van der Waals surface area contributed by atoms with Gasteiger partial charge >= 0.3 is 0 Å². The van der Waals surface area contributed by atoms with Gasteiger partial charge in [0.15, 0.2) is 0 Å². The molecule has 0 spiro atoms. The molecule has 0 aromatic rings. The molecule has 0 aromatic carbocycles. The van der Waals surface area contributed by atoms with E-state index in [1.54, 1.807) is 0 Å². The molecule has 0 bridgehead atoms. The van der Waals surface area contributed by atoms with Crippen molar-refractivity contribution in [1.82, 2.24) is 0 Å². The van der Waals surface area contributed by atoms with Crippen LogP contribution in [0.1, 0.15) is 12.8 Å². The summed E-state index contributed by atoms with van der Waals surface area (Å²) in [5.74, 6) is 0.198. The summed E-state index contributed by atoms with van der Waals surface area (Å²) in [6.45, 7) is -0.0579. The maximum atomic E-state index is 12.4. The van der Waals surface area contributed by atoms with Crippen LogP contribution in [0.15, 0.2) is 0 Å². The molecule has 0 radical (unpaired) electrons. The summed E-state index contributed by atoms with van der Waals surface area (Å²) in [7, 11) is 0. The number of nitrogens with two attached hydrogens (primary N) is 1. The van der Waals surface area contributed by atoms with Crippen molar-refractivity contribution >= 4 is 0 Å². The second kappa shape index (κ2) is 2.62. The number of hydrogen-bond donors (Lipinski definition) is 2. The highest BCUT2D eigenvalue weighted by Crippen LogP contribution is 2.34. The van der Waals surface area contributed by atoms with Crippen LogP contribution in [-0.4, -0.2) is 23.9 Å². The molecule has 1 rings (SSSR count). The Morgan fingerprint density at radius 2 is 2.22 bits per heavy atom. The molecule has 1 aliphatic carbocycles. The highest BCUT2D eigenvalue weighted by atomic mass is 19.1. The molecule has 3 heteroatoms. The van der Waals surface area contributed by atoms with Crippen LogP contribution < -0.4 is 5.73 Å². The van der Waals surface area contributed by atoms with E-state index < -0.39 is 12.3 Å². The molecule has 9 heavy (non-hydrogen) atoms. The van der Waals surface area contributed by atoms with Gasteiger partial charge in [-0.25, -0.2) is 4.39 Å². The molecule has 0 amide bonds. The van der Waals surface area contributed by atoms with Gasteiger partial charge in [-0.05, 0) is 18.8 Å². The Labute approximate surface area is 53.9 Å². The molecule has 0 aromatic heterocycles. The van der Waals surface area contributed by atoms with Crippen LogP contribution in [0.5, 0.6) is 0 Å². The number of hydrogen-bond acceptors (Lipinski definition) is 2. The summed E-state index contributed by atoms with van der Waals surface area (Å²) in [6, 6.07) is 0. The average molecular weight is 133 g/mol. The zero-order valence-corrected chi connectivity index (χ0v) is 5.26. The lowest BCUT2D eigenvalue weighted by molar-refractivity contribution is 0.0644. The van der Waals surface area contributed by atoms with Crippen LogP contribution in [0.2, 0.25) is 0 Å². The fourth-order valence-corrected chi connectivity index (χ4v) is 0.872. The van der Waals surface area contributed by atoms with Crippen molar-refractivity contribution < 1.29 is 9.50 Å². The van der Waals surface area contributed by atoms with E-state index in [2.05, 4.69) is 0 Å². The molecule has 0 aliphatic heterocycles. The van der Waals surface area contributed by atoms with Crippen molar-refractivity contribution in [3.05, 3.63) is 0 Å². The number of aliphatic hydroxyl groups is 1. The van der Waals surface area contributed by atoms with E-state index in [0.717, 1.165) is 12.8 Å². The lowest BCUT2D eigenvalue weighted by Gasteiger charge is -2.11. The van der Waals surface area contributed by atoms with Gasteiger partial charge in [0.05, 0.1) is 6.10 Å². The third-order valence-electron chi connectivity index (χ3n) is 1.70. The Morgan fingerprint density at radius 3 is 2.56 bits per heavy atom. The van der Waals surface area contributed by atoms with E-state index in [0.29, 0.717) is 0 Å². The van der Waals surface area contributed by atoms with Gasteiger partial charge in [0, 0.05) is 6.54 Å². The van der Waals surface area contributed by atoms with Crippen LogP contribution in [0.3, 0.4) is 0 Å². The minimum atomic E-state index is -1.21. The van der Waals surface area contributed by atoms with E-state index in [1.807, 2.05) is 0 Å². The second-order valence-corrected chi connectivity index (χ2v) is 2.58. The third-order valence-corrected chi connectivity index (χ3v) is 1.70. The maximum Gasteiger partial charge on any atom is 0.138 e. The molecule has 2 nitrogen and oxygen atoms in total. The van der Waals surface area contributed by atoms with Crippen molar-refractivity contribution in [3.63, 3.8) is 0 Å². The van der Waals surface area contributed by atoms with Gasteiger partial charge in [0.25, 0.3) is 0 Å². The molecule has 54 valence electrons. The predicted molar refractivity (Wildman–Crippen MR) is 32.7 cm³/mol. The van der Waals surface area contributed by atoms with Crippen molar-refractivity contribution in [1.29, 1.82) is 0 Å². The Kier molecular flexibility index (Phi) is 2.03. The standard InChI is InChI=1S/C6H12FNO/c7-5(3-8)6(9)4-1-2-4/h4-6,9H,1-3,8H2/t5-,6?/m1/s1. The third kappa shape index (κ3) is 1.63. The van der Waals surface area contributed by atoms with E-state index in [-0.39, 0.29) is 12.5 Å². The summed E-state index contributed by atoms with van der Waals surface area (Å²) in [5.41, 5.74) is 5.00. The molecular weight excluding hydrogens is 121 g/mol. The minimum absolute atomic E-state index is 0.0579. The summed E-state index contributed by atoms with van der Waals surface area (Å²) in [6.07, 6.45) is -0.0871. The summed E-state index contributed by atoms with van der Waals surface area (Å²) >= 11 is 0. The van der Waals surface area contributed by atoms with E-state index in [4.69, 9.17) is 10.8 Å². The SMILES string of the molecule is NC[C@@H](F)C(O)C1CC1. The lowest BCUT2D eigenvalue weighted by Crippen LogP contribution is -2.30. The van der Waals surface area contributed by atoms with Crippen molar-refractivity contribution in [2.75, 3.05) is 6.54 Å². The number of halogens is 1. The fourth-order valence-electron chi connectivity index (χ4n) is 0.872. The Hall–Kier alpha value is -0.150. The number of rotatable bonds is 3. The number of alkyl halides is 1. The molecule has 0 saturated heterocycles. The number of aliphatic hydroxyl groups excluding tert-OH is 1. The van der Waals surface area contributed by atoms with Crippen LogP contribution >= 0.6 is 0 Å². The zero-order chi connectivity index (χ0) is 6.85. The van der Waals surface area contributed by atoms with Gasteiger partial charge in [0.2, 0.25) is 0 Å². The smallest absolute Gasteiger partial charge is 0.138 e. The first kappa shape index (κ1) is 6.96. The topological polar surface area (TPSA) is 46.2 Å². The Balaban J connectivity index is 2.22. The van der Waals surface area contributed by atoms with Gasteiger partial charge in [-0.3, -0.25) is 0 Å². The Bertz CT molecular complexity index is 95.1. The highest BCUT2D eigenvalue weighted by molar-refractivity contribution is 4.85. The van der Waals surface area contributed by atoms with E-state index >= 15 is 0 Å². The fraction of sp³-hybridized carbons (Fsp3) is 1.00. The quantitative estimate of drug-likeness (QED) is 0.571. The van der Waals surface area contributed by atoms with Gasteiger partial charge in [-0.1, -0.05) is 0 Å². The summed E-state index contributed by atoms with van der Waals surface area (Å²) in [4.78, 5) is 0. The van der Waals surface area contributed by atoms with Crippen LogP contribution in [0, 0.1) is 5.92 Å². The first-order valence-corrected chi connectivity index (χ1v) is 3.28. The summed E-state index contributed by atoms with van der Waals surface area (Å²) < 4.78 is 12.4. The van der Waals surface area contributed by atoms with E-state index in [1.165, 1.54) is 0 Å². The highest BCUT2D eigenvalue weighted by Gasteiger charge is 2.34. The largest absolute Gasteiger partial charge is 0.390 e. The molecule has 0 heterocycles. The molecule has 1 unspecified atom stereocenters. The molecular formula is C6H12FNO. The van der Waals surface area contributed by atoms with Gasteiger partial charge in [-0.15, -0.1) is 0 Å². The van der Waals surface area contributed by atoms with Gasteiger partial charge in [-0.2, -0.15) is 0 Å². The molecule has 1 saturated carbocycles. The van der Waals surface area contributed by atoms with Crippen molar-refractivity contribution in [2.24, 2.45) is 11.7 Å². The molecule has 1 aliphatic rings. The van der Waals surface area contributed by atoms with E-state index in [9.17, 15) is 4.39 Å². The molecule has 2 atom stereocenters. The lowest BCUT2D eigenvalue weighted by atomic mass is 10.1. The van der Waals surface area contributed by atoms with Crippen LogP contribution in [-0.2, 0) is 0 Å². The predicted octanol–water partition coefficient (Wildman–Crippen LogP) is 0.0541. The first-order chi connectivity index (χ1) is 4.25. The zero-order valence-electron chi connectivity index (χ0n) is 5.26. The van der Waals surface area contributed by atoms with Crippen LogP contribution in [0.25, 0.3) is 0 Å². The van der Waals surface area contributed by atoms with Gasteiger partial charge < -0.3 is 10.8 Å². The minimum Gasteiger partial charge on any atom is -0.390 e. The molecule has 3 N–H and O–H groups in total. The maximum absolute atomic E-state index is 12.4. The Morgan fingerprint density at radius 1 is 1.67 bits per heavy atom. The average Bonchev–Trinajstić information content (AvgIpc) is 2.66. The van der Waals surface area contributed by atoms with Crippen molar-refractivity contribution in [3.8, 4) is 0 Å². The second-order valence-electron chi connectivity index (χ2n) is 2.58. The van der Waals surface area contributed by atoms with Crippen molar-refractivity contribution in [2.45, 2.75) is 25.1 Å². The first-order valence-electron chi connectivity index (χ1n) is 3.28. The summed E-state index contributed by atoms with van der Waals surface area (Å²) in [5, 5.41) is 9.00.